The van der Waals surface area contributed by atoms with E-state index in [2.05, 4.69) is 56.6 Å². The SMILES string of the molecule is COc1ccc(CC[N+](C)(C)c2ccccc2)cc1.O=S(=O)([O-])C(F)(F)F. The van der Waals surface area contributed by atoms with Gasteiger partial charge >= 0.3 is 5.51 Å². The smallest absolute Gasteiger partial charge is 0.485 e. The van der Waals surface area contributed by atoms with E-state index < -0.39 is 15.6 Å². The summed E-state index contributed by atoms with van der Waals surface area (Å²) in [4.78, 5) is 0. The summed E-state index contributed by atoms with van der Waals surface area (Å²) in [6, 6.07) is 19.0. The van der Waals surface area contributed by atoms with Gasteiger partial charge in [0.05, 0.1) is 27.7 Å². The summed E-state index contributed by atoms with van der Waals surface area (Å²) in [5.41, 5.74) is -2.95. The van der Waals surface area contributed by atoms with Crippen LogP contribution in [-0.2, 0) is 16.5 Å². The van der Waals surface area contributed by atoms with Crippen LogP contribution < -0.4 is 9.22 Å². The van der Waals surface area contributed by atoms with Crippen LogP contribution >= 0.6 is 0 Å². The first-order valence-electron chi connectivity index (χ1n) is 7.90. The molecule has 150 valence electrons. The largest absolute Gasteiger partial charge is 0.741 e. The highest BCUT2D eigenvalue weighted by Crippen LogP contribution is 2.21. The summed E-state index contributed by atoms with van der Waals surface area (Å²) in [6.07, 6.45) is 1.06. The van der Waals surface area contributed by atoms with Crippen molar-refractivity contribution in [3.63, 3.8) is 0 Å². The fraction of sp³-hybridized carbons (Fsp3) is 0.333. The number of alkyl halides is 3. The number of ether oxygens (including phenoxy) is 1. The summed E-state index contributed by atoms with van der Waals surface area (Å²) in [5, 5.41) is 0. The lowest BCUT2D eigenvalue weighted by atomic mass is 10.1. The third-order valence-corrected chi connectivity index (χ3v) is 4.42. The zero-order chi connectivity index (χ0) is 20.7. The number of nitrogens with zero attached hydrogens (tertiary/aromatic N) is 1. The molecule has 0 heterocycles. The van der Waals surface area contributed by atoms with E-state index in [4.69, 9.17) is 17.7 Å². The summed E-state index contributed by atoms with van der Waals surface area (Å²) in [7, 11) is 0.106. The molecule has 0 saturated heterocycles. The molecule has 5 nitrogen and oxygen atoms in total. The van der Waals surface area contributed by atoms with Gasteiger partial charge in [-0.1, -0.05) is 30.3 Å². The van der Waals surface area contributed by atoms with E-state index in [1.54, 1.807) is 7.11 Å². The number of methoxy groups -OCH3 is 1. The topological polar surface area (TPSA) is 66.4 Å². The first-order valence-corrected chi connectivity index (χ1v) is 9.31. The van der Waals surface area contributed by atoms with Gasteiger partial charge in [-0.3, -0.25) is 4.48 Å². The molecule has 0 saturated carbocycles. The molecule has 0 radical (unpaired) electrons. The minimum atomic E-state index is -6.09. The van der Waals surface area contributed by atoms with Crippen LogP contribution in [0.2, 0.25) is 0 Å². The molecular formula is C18H22F3NO4S. The van der Waals surface area contributed by atoms with Crippen LogP contribution in [0.4, 0.5) is 18.9 Å². The summed E-state index contributed by atoms with van der Waals surface area (Å²) < 4.78 is 65.0. The van der Waals surface area contributed by atoms with Gasteiger partial charge in [-0.25, -0.2) is 8.42 Å². The van der Waals surface area contributed by atoms with Crippen LogP contribution in [0.25, 0.3) is 0 Å². The molecule has 0 fully saturated rings. The van der Waals surface area contributed by atoms with Crippen LogP contribution in [0.3, 0.4) is 0 Å². The lowest BCUT2D eigenvalue weighted by molar-refractivity contribution is -0.0517. The van der Waals surface area contributed by atoms with E-state index in [0.717, 1.165) is 23.2 Å². The van der Waals surface area contributed by atoms with Gasteiger partial charge < -0.3 is 9.29 Å². The summed E-state index contributed by atoms with van der Waals surface area (Å²) >= 11 is 0. The van der Waals surface area contributed by atoms with Crippen molar-refractivity contribution < 1.29 is 30.9 Å². The van der Waals surface area contributed by atoms with Crippen LogP contribution in [0.15, 0.2) is 54.6 Å². The number of quaternary nitrogens is 1. The van der Waals surface area contributed by atoms with Crippen LogP contribution in [-0.4, -0.2) is 46.2 Å². The average Bonchev–Trinajstić information content (AvgIpc) is 2.60. The molecule has 0 N–H and O–H groups in total. The lowest BCUT2D eigenvalue weighted by Crippen LogP contribution is -2.42. The third kappa shape index (κ3) is 7.58. The van der Waals surface area contributed by atoms with Gasteiger partial charge in [0.15, 0.2) is 10.1 Å². The van der Waals surface area contributed by atoms with E-state index in [1.165, 1.54) is 11.3 Å². The van der Waals surface area contributed by atoms with Crippen molar-refractivity contribution in [1.82, 2.24) is 4.48 Å². The maximum Gasteiger partial charge on any atom is 0.485 e. The lowest BCUT2D eigenvalue weighted by Gasteiger charge is -2.29. The minimum Gasteiger partial charge on any atom is -0.741 e. The van der Waals surface area contributed by atoms with Crippen molar-refractivity contribution in [3.8, 4) is 5.75 Å². The molecule has 9 heteroatoms. The molecule has 2 rings (SSSR count). The molecule has 27 heavy (non-hydrogen) atoms. The van der Waals surface area contributed by atoms with Crippen molar-refractivity contribution in [2.75, 3.05) is 27.7 Å². The summed E-state index contributed by atoms with van der Waals surface area (Å²) in [6.45, 7) is 1.08. The van der Waals surface area contributed by atoms with Crippen LogP contribution in [0.5, 0.6) is 5.75 Å². The second-order valence-electron chi connectivity index (χ2n) is 6.24. The van der Waals surface area contributed by atoms with Gasteiger partial charge in [-0.2, -0.15) is 13.2 Å². The normalized spacial score (nSPS) is 12.1. The number of likely N-dealkylation sites (N-methyl/N-ethyl adjacent to an activating group) is 1. The second kappa shape index (κ2) is 9.20. The number of benzene rings is 2. The van der Waals surface area contributed by atoms with Gasteiger partial charge in [-0.05, 0) is 29.8 Å². The monoisotopic (exact) mass is 405 g/mol. The van der Waals surface area contributed by atoms with Gasteiger partial charge in [0.1, 0.15) is 11.4 Å². The molecule has 2 aromatic carbocycles. The number of para-hydroxylation sites is 1. The molecule has 0 spiro atoms. The van der Waals surface area contributed by atoms with Crippen molar-refractivity contribution >= 4 is 15.8 Å². The first kappa shape index (κ1) is 22.9. The van der Waals surface area contributed by atoms with E-state index in [0.29, 0.717) is 0 Å². The Bertz CT molecular complexity index is 805. The molecule has 0 aliphatic carbocycles. The van der Waals surface area contributed by atoms with Crippen molar-refractivity contribution in [3.05, 3.63) is 60.2 Å². The molecule has 2 aromatic rings. The van der Waals surface area contributed by atoms with Gasteiger partial charge in [-0.15, -0.1) is 0 Å². The maximum atomic E-state index is 10.7. The quantitative estimate of drug-likeness (QED) is 0.433. The number of rotatable bonds is 5. The van der Waals surface area contributed by atoms with E-state index in [9.17, 15) is 13.2 Å². The van der Waals surface area contributed by atoms with Crippen molar-refractivity contribution in [2.45, 2.75) is 11.9 Å². The Morgan fingerprint density at radius 1 is 1.00 bits per heavy atom. The zero-order valence-corrected chi connectivity index (χ0v) is 16.0. The zero-order valence-electron chi connectivity index (χ0n) is 15.2. The second-order valence-corrected chi connectivity index (χ2v) is 7.61. The van der Waals surface area contributed by atoms with Crippen molar-refractivity contribution in [1.29, 1.82) is 0 Å². The van der Waals surface area contributed by atoms with E-state index in [1.807, 2.05) is 12.1 Å². The van der Waals surface area contributed by atoms with Crippen LogP contribution in [0, 0.1) is 0 Å². The van der Waals surface area contributed by atoms with Gasteiger partial charge in [0, 0.05) is 6.42 Å². The van der Waals surface area contributed by atoms with E-state index >= 15 is 0 Å². The maximum absolute atomic E-state index is 10.7. The Labute approximate surface area is 157 Å². The molecule has 0 atom stereocenters. The molecule has 0 aromatic heterocycles. The molecular weight excluding hydrogens is 383 g/mol. The Balaban J connectivity index is 0.000000387. The molecule has 0 aliphatic rings. The fourth-order valence-electron chi connectivity index (χ4n) is 2.16. The minimum absolute atomic E-state index is 0.896. The third-order valence-electron chi connectivity index (χ3n) is 3.86. The average molecular weight is 405 g/mol. The molecule has 0 bridgehead atoms. The fourth-order valence-corrected chi connectivity index (χ4v) is 2.16. The predicted octanol–water partition coefficient (Wildman–Crippen LogP) is 3.56. The highest BCUT2D eigenvalue weighted by Gasteiger charge is 2.36. The number of hydrogen-bond acceptors (Lipinski definition) is 4. The standard InChI is InChI=1S/C17H22NO.CHF3O3S/c1-18(2,16-7-5-4-6-8-16)14-13-15-9-11-17(19-3)12-10-15;2-1(3,4)8(5,6)7/h4-12H,13-14H2,1-3H3;(H,5,6,7)/q+1;/p-1. The van der Waals surface area contributed by atoms with Crippen LogP contribution in [0.1, 0.15) is 5.56 Å². The number of halogens is 3. The predicted molar refractivity (Wildman–Crippen MR) is 97.4 cm³/mol. The Morgan fingerprint density at radius 3 is 1.89 bits per heavy atom. The molecule has 0 aliphatic heterocycles. The first-order chi connectivity index (χ1) is 12.4. The molecule has 0 unspecified atom stereocenters. The van der Waals surface area contributed by atoms with Gasteiger partial charge in [0.25, 0.3) is 0 Å². The Hall–Kier alpha value is -2.10. The van der Waals surface area contributed by atoms with Gasteiger partial charge in [0.2, 0.25) is 0 Å². The van der Waals surface area contributed by atoms with Crippen molar-refractivity contribution in [2.24, 2.45) is 0 Å². The summed E-state index contributed by atoms with van der Waals surface area (Å²) in [5.74, 6) is 0.917. The Kier molecular flexibility index (Phi) is 7.82. The Morgan fingerprint density at radius 2 is 1.48 bits per heavy atom. The molecule has 0 amide bonds. The van der Waals surface area contributed by atoms with E-state index in [-0.39, 0.29) is 0 Å². The number of hydrogen-bond donors (Lipinski definition) is 0. The highest BCUT2D eigenvalue weighted by molar-refractivity contribution is 7.86. The highest BCUT2D eigenvalue weighted by atomic mass is 32.2.